The summed E-state index contributed by atoms with van der Waals surface area (Å²) in [5.74, 6) is 1.54. The van der Waals surface area contributed by atoms with Crippen LogP contribution in [0.4, 0.5) is 0 Å². The fourth-order valence-electron chi connectivity index (χ4n) is 4.78. The monoisotopic (exact) mass is 455 g/mol. The highest BCUT2D eigenvalue weighted by molar-refractivity contribution is 5.89. The van der Waals surface area contributed by atoms with Crippen LogP contribution in [0.2, 0.25) is 0 Å². The van der Waals surface area contributed by atoms with E-state index in [9.17, 15) is 4.79 Å². The van der Waals surface area contributed by atoms with Gasteiger partial charge in [-0.25, -0.2) is 4.98 Å². The summed E-state index contributed by atoms with van der Waals surface area (Å²) in [6.45, 7) is 1.10. The van der Waals surface area contributed by atoms with Crippen LogP contribution in [-0.2, 0) is 21.4 Å². The van der Waals surface area contributed by atoms with E-state index in [0.29, 0.717) is 32.5 Å². The quantitative estimate of drug-likeness (QED) is 0.423. The summed E-state index contributed by atoms with van der Waals surface area (Å²) in [5.41, 5.74) is 3.31. The smallest absolute Gasteiger partial charge is 0.231 e. The van der Waals surface area contributed by atoms with Crippen molar-refractivity contribution in [3.63, 3.8) is 0 Å². The summed E-state index contributed by atoms with van der Waals surface area (Å²) in [5, 5.41) is 3.36. The normalized spacial score (nSPS) is 16.1. The van der Waals surface area contributed by atoms with Gasteiger partial charge in [0.05, 0.1) is 29.6 Å². The molecule has 1 saturated heterocycles. The molecule has 1 atom stereocenters. The van der Waals surface area contributed by atoms with E-state index in [0.717, 1.165) is 33.7 Å². The number of imidazole rings is 1. The number of para-hydroxylation sites is 2. The number of nitrogens with one attached hydrogen (secondary N) is 2. The van der Waals surface area contributed by atoms with Crippen molar-refractivity contribution < 1.29 is 14.3 Å². The van der Waals surface area contributed by atoms with Crippen LogP contribution in [0.3, 0.4) is 0 Å². The predicted octanol–water partition coefficient (Wildman–Crippen LogP) is 4.72. The molecule has 1 unspecified atom stereocenters. The van der Waals surface area contributed by atoms with Gasteiger partial charge in [-0.1, -0.05) is 54.6 Å². The minimum atomic E-state index is -0.661. The SMILES string of the molecule is COc1ccc(C2(C(=O)NC(Cc3ccccc3)c3nc4ccccc4[nH]3)CCOCC2)cc1. The molecule has 6 heteroatoms. The minimum Gasteiger partial charge on any atom is -0.497 e. The molecular weight excluding hydrogens is 426 g/mol. The van der Waals surface area contributed by atoms with Gasteiger partial charge in [0.1, 0.15) is 11.6 Å². The van der Waals surface area contributed by atoms with Gasteiger partial charge < -0.3 is 19.8 Å². The molecule has 1 aliphatic heterocycles. The van der Waals surface area contributed by atoms with Crippen LogP contribution in [0, 0.1) is 0 Å². The molecule has 2 heterocycles. The van der Waals surface area contributed by atoms with Gasteiger partial charge in [-0.05, 0) is 54.7 Å². The lowest BCUT2D eigenvalue weighted by molar-refractivity contribution is -0.131. The third-order valence-corrected chi connectivity index (χ3v) is 6.75. The maximum absolute atomic E-state index is 14.0. The molecule has 0 aliphatic carbocycles. The molecule has 3 aromatic carbocycles. The van der Waals surface area contributed by atoms with Crippen LogP contribution < -0.4 is 10.1 Å². The maximum atomic E-state index is 14.0. The highest BCUT2D eigenvalue weighted by atomic mass is 16.5. The van der Waals surface area contributed by atoms with Gasteiger partial charge >= 0.3 is 0 Å². The van der Waals surface area contributed by atoms with E-state index in [1.165, 1.54) is 0 Å². The molecule has 174 valence electrons. The number of hydrogen-bond acceptors (Lipinski definition) is 4. The van der Waals surface area contributed by atoms with E-state index in [2.05, 4.69) is 22.4 Å². The maximum Gasteiger partial charge on any atom is 0.231 e. The zero-order chi connectivity index (χ0) is 23.4. The minimum absolute atomic E-state index is 0.00218. The molecular formula is C28H29N3O3. The number of fused-ring (bicyclic) bond motifs is 1. The van der Waals surface area contributed by atoms with E-state index in [1.807, 2.05) is 66.7 Å². The zero-order valence-electron chi connectivity index (χ0n) is 19.3. The second-order valence-corrected chi connectivity index (χ2v) is 8.78. The summed E-state index contributed by atoms with van der Waals surface area (Å²) in [7, 11) is 1.65. The molecule has 1 aliphatic rings. The molecule has 1 fully saturated rings. The number of methoxy groups -OCH3 is 1. The largest absolute Gasteiger partial charge is 0.497 e. The van der Waals surface area contributed by atoms with Crippen molar-refractivity contribution in [3.05, 3.63) is 95.8 Å². The molecule has 4 aromatic rings. The number of hydrogen-bond donors (Lipinski definition) is 2. The molecule has 0 radical (unpaired) electrons. The van der Waals surface area contributed by atoms with Crippen molar-refractivity contribution in [3.8, 4) is 5.75 Å². The number of aromatic amines is 1. The van der Waals surface area contributed by atoms with Crippen LogP contribution >= 0.6 is 0 Å². The fourth-order valence-corrected chi connectivity index (χ4v) is 4.78. The summed E-state index contributed by atoms with van der Waals surface area (Å²) >= 11 is 0. The topological polar surface area (TPSA) is 76.2 Å². The fraction of sp³-hybridized carbons (Fsp3) is 0.286. The van der Waals surface area contributed by atoms with E-state index in [1.54, 1.807) is 7.11 Å². The van der Waals surface area contributed by atoms with E-state index in [-0.39, 0.29) is 11.9 Å². The first-order valence-corrected chi connectivity index (χ1v) is 11.7. The van der Waals surface area contributed by atoms with Crippen molar-refractivity contribution in [1.29, 1.82) is 0 Å². The van der Waals surface area contributed by atoms with E-state index < -0.39 is 5.41 Å². The molecule has 1 amide bonds. The first-order chi connectivity index (χ1) is 16.7. The Kier molecular flexibility index (Phi) is 6.32. The second-order valence-electron chi connectivity index (χ2n) is 8.78. The Morgan fingerprint density at radius 1 is 1.03 bits per heavy atom. The van der Waals surface area contributed by atoms with Crippen molar-refractivity contribution in [2.45, 2.75) is 30.7 Å². The van der Waals surface area contributed by atoms with Crippen LogP contribution in [0.1, 0.15) is 35.8 Å². The average molecular weight is 456 g/mol. The first-order valence-electron chi connectivity index (χ1n) is 11.7. The Bertz CT molecular complexity index is 1210. The predicted molar refractivity (Wildman–Crippen MR) is 132 cm³/mol. The van der Waals surface area contributed by atoms with Crippen LogP contribution in [0.15, 0.2) is 78.9 Å². The number of H-pyrrole nitrogens is 1. The highest BCUT2D eigenvalue weighted by Gasteiger charge is 2.42. The highest BCUT2D eigenvalue weighted by Crippen LogP contribution is 2.37. The van der Waals surface area contributed by atoms with Gasteiger partial charge in [-0.15, -0.1) is 0 Å². The number of amides is 1. The number of ether oxygens (including phenoxy) is 2. The van der Waals surface area contributed by atoms with Crippen molar-refractivity contribution >= 4 is 16.9 Å². The molecule has 5 rings (SSSR count). The third kappa shape index (κ3) is 4.41. The number of rotatable bonds is 7. The second kappa shape index (κ2) is 9.69. The van der Waals surface area contributed by atoms with Crippen LogP contribution in [0.25, 0.3) is 11.0 Å². The Balaban J connectivity index is 1.49. The van der Waals surface area contributed by atoms with Gasteiger partial charge in [-0.3, -0.25) is 4.79 Å². The number of nitrogens with zero attached hydrogens (tertiary/aromatic N) is 1. The van der Waals surface area contributed by atoms with Gasteiger partial charge in [-0.2, -0.15) is 0 Å². The van der Waals surface area contributed by atoms with Gasteiger partial charge in [0.15, 0.2) is 0 Å². The lowest BCUT2D eigenvalue weighted by Gasteiger charge is -2.37. The summed E-state index contributed by atoms with van der Waals surface area (Å²) in [6.07, 6.45) is 1.90. The first kappa shape index (κ1) is 22.2. The zero-order valence-corrected chi connectivity index (χ0v) is 19.3. The molecule has 1 aromatic heterocycles. The summed E-state index contributed by atoms with van der Waals surface area (Å²) in [6, 6.07) is 25.7. The van der Waals surface area contributed by atoms with Crippen molar-refractivity contribution in [1.82, 2.24) is 15.3 Å². The standard InChI is InChI=1S/C28H29N3O3/c1-33-22-13-11-21(12-14-22)28(15-17-34-18-16-28)27(32)31-25(19-20-7-3-2-4-8-20)26-29-23-9-5-6-10-24(23)30-26/h2-14,25H,15-19H2,1H3,(H,29,30)(H,31,32). The Morgan fingerprint density at radius 3 is 2.44 bits per heavy atom. The molecule has 34 heavy (non-hydrogen) atoms. The van der Waals surface area contributed by atoms with Gasteiger partial charge in [0, 0.05) is 13.2 Å². The Hall–Kier alpha value is -3.64. The van der Waals surface area contributed by atoms with E-state index in [4.69, 9.17) is 14.5 Å². The Morgan fingerprint density at radius 2 is 1.74 bits per heavy atom. The number of aromatic nitrogens is 2. The molecule has 2 N–H and O–H groups in total. The molecule has 0 spiro atoms. The number of benzene rings is 3. The average Bonchev–Trinajstić information content (AvgIpc) is 3.34. The molecule has 0 bridgehead atoms. The van der Waals surface area contributed by atoms with Crippen molar-refractivity contribution in [2.75, 3.05) is 20.3 Å². The third-order valence-electron chi connectivity index (χ3n) is 6.75. The van der Waals surface area contributed by atoms with Crippen LogP contribution in [-0.4, -0.2) is 36.2 Å². The Labute approximate surface area is 199 Å². The number of carbonyl (C=O) groups excluding carboxylic acids is 1. The summed E-state index contributed by atoms with van der Waals surface area (Å²) in [4.78, 5) is 22.3. The lowest BCUT2D eigenvalue weighted by atomic mass is 9.73. The summed E-state index contributed by atoms with van der Waals surface area (Å²) < 4.78 is 11.0. The molecule has 0 saturated carbocycles. The van der Waals surface area contributed by atoms with E-state index >= 15 is 0 Å². The van der Waals surface area contributed by atoms with Gasteiger partial charge in [0.2, 0.25) is 5.91 Å². The lowest BCUT2D eigenvalue weighted by Crippen LogP contribution is -2.49. The van der Waals surface area contributed by atoms with Crippen LogP contribution in [0.5, 0.6) is 5.75 Å². The number of carbonyl (C=O) groups is 1. The molecule has 6 nitrogen and oxygen atoms in total. The van der Waals surface area contributed by atoms with Gasteiger partial charge in [0.25, 0.3) is 0 Å². The van der Waals surface area contributed by atoms with Crippen molar-refractivity contribution in [2.24, 2.45) is 0 Å².